The molecular formula is C15H21BrOS. The first-order chi connectivity index (χ1) is 8.56. The second-order valence-electron chi connectivity index (χ2n) is 5.64. The Bertz CT molecular complexity index is 407. The Morgan fingerprint density at radius 3 is 2.61 bits per heavy atom. The quantitative estimate of drug-likeness (QED) is 0.744. The van der Waals surface area contributed by atoms with Crippen LogP contribution in [0, 0.1) is 5.41 Å². The fraction of sp³-hybridized carbons (Fsp3) is 0.600. The Morgan fingerprint density at radius 1 is 1.39 bits per heavy atom. The van der Waals surface area contributed by atoms with Gasteiger partial charge in [0.25, 0.3) is 0 Å². The Balaban J connectivity index is 2.09. The minimum absolute atomic E-state index is 0.324. The van der Waals surface area contributed by atoms with Gasteiger partial charge in [0.15, 0.2) is 0 Å². The molecule has 0 bridgehead atoms. The van der Waals surface area contributed by atoms with Gasteiger partial charge in [-0.25, -0.2) is 0 Å². The summed E-state index contributed by atoms with van der Waals surface area (Å²) < 4.78 is 7.20. The zero-order valence-electron chi connectivity index (χ0n) is 11.1. The summed E-state index contributed by atoms with van der Waals surface area (Å²) in [6.07, 6.45) is 3.83. The third-order valence-electron chi connectivity index (χ3n) is 3.88. The van der Waals surface area contributed by atoms with Crippen molar-refractivity contribution < 1.29 is 4.74 Å². The average Bonchev–Trinajstić information content (AvgIpc) is 2.29. The van der Waals surface area contributed by atoms with Gasteiger partial charge in [-0.1, -0.05) is 36.2 Å². The van der Waals surface area contributed by atoms with Crippen molar-refractivity contribution in [2.45, 2.75) is 39.0 Å². The first-order valence-electron chi connectivity index (χ1n) is 6.59. The van der Waals surface area contributed by atoms with Gasteiger partial charge in [0.2, 0.25) is 0 Å². The maximum absolute atomic E-state index is 6.08. The van der Waals surface area contributed by atoms with Gasteiger partial charge in [-0.15, -0.1) is 0 Å². The van der Waals surface area contributed by atoms with Crippen LogP contribution in [0.4, 0.5) is 0 Å². The summed E-state index contributed by atoms with van der Waals surface area (Å²) in [7, 11) is 0. The summed E-state index contributed by atoms with van der Waals surface area (Å²) in [6.45, 7) is 5.20. The van der Waals surface area contributed by atoms with E-state index < -0.39 is 0 Å². The lowest BCUT2D eigenvalue weighted by molar-refractivity contribution is 0.0822. The van der Waals surface area contributed by atoms with Crippen LogP contribution in [0.15, 0.2) is 22.7 Å². The highest BCUT2D eigenvalue weighted by molar-refractivity contribution is 9.10. The number of hydrogen-bond donors (Lipinski definition) is 1. The smallest absolute Gasteiger partial charge is 0.122 e. The SMILES string of the molecule is CC(C)c1cc(Br)ccc1OCC1(CS)CCC1. The molecule has 1 aliphatic carbocycles. The average molecular weight is 329 g/mol. The van der Waals surface area contributed by atoms with Crippen molar-refractivity contribution in [3.63, 3.8) is 0 Å². The van der Waals surface area contributed by atoms with Crippen LogP contribution in [0.3, 0.4) is 0 Å². The Labute approximate surface area is 124 Å². The van der Waals surface area contributed by atoms with E-state index in [4.69, 9.17) is 4.74 Å². The molecule has 1 aromatic rings. The highest BCUT2D eigenvalue weighted by atomic mass is 79.9. The van der Waals surface area contributed by atoms with Crippen LogP contribution in [0.2, 0.25) is 0 Å². The molecule has 18 heavy (non-hydrogen) atoms. The maximum Gasteiger partial charge on any atom is 0.122 e. The number of ether oxygens (including phenoxy) is 1. The molecule has 100 valence electrons. The van der Waals surface area contributed by atoms with Crippen molar-refractivity contribution in [2.75, 3.05) is 12.4 Å². The maximum atomic E-state index is 6.08. The lowest BCUT2D eigenvalue weighted by Gasteiger charge is -2.40. The Hall–Kier alpha value is -0.150. The zero-order valence-corrected chi connectivity index (χ0v) is 13.6. The summed E-state index contributed by atoms with van der Waals surface area (Å²) in [5, 5.41) is 0. The molecule has 0 heterocycles. The van der Waals surface area contributed by atoms with Crippen LogP contribution in [0.1, 0.15) is 44.6 Å². The topological polar surface area (TPSA) is 9.23 Å². The predicted octanol–water partition coefficient (Wildman–Crippen LogP) is 5.05. The fourth-order valence-corrected chi connectivity index (χ4v) is 3.14. The largest absolute Gasteiger partial charge is 0.493 e. The first-order valence-corrected chi connectivity index (χ1v) is 8.02. The molecule has 1 aliphatic rings. The van der Waals surface area contributed by atoms with Crippen molar-refractivity contribution in [3.8, 4) is 5.75 Å². The van der Waals surface area contributed by atoms with E-state index in [1.54, 1.807) is 0 Å². The molecule has 1 saturated carbocycles. The predicted molar refractivity (Wildman–Crippen MR) is 83.9 cm³/mol. The number of thiol groups is 1. The van der Waals surface area contributed by atoms with Gasteiger partial charge >= 0.3 is 0 Å². The standard InChI is InChI=1S/C15H21BrOS/c1-11(2)13-8-12(16)4-5-14(13)17-9-15(10-18)6-3-7-15/h4-5,8,11,18H,3,6-7,9-10H2,1-2H3. The van der Waals surface area contributed by atoms with Gasteiger partial charge in [0.1, 0.15) is 5.75 Å². The third kappa shape index (κ3) is 3.05. The van der Waals surface area contributed by atoms with Crippen LogP contribution in [-0.4, -0.2) is 12.4 Å². The van der Waals surface area contributed by atoms with Gasteiger partial charge < -0.3 is 4.74 Å². The van der Waals surface area contributed by atoms with Gasteiger partial charge in [-0.3, -0.25) is 0 Å². The summed E-state index contributed by atoms with van der Waals surface area (Å²) >= 11 is 8.00. The number of halogens is 1. The van der Waals surface area contributed by atoms with E-state index in [-0.39, 0.29) is 0 Å². The van der Waals surface area contributed by atoms with E-state index in [9.17, 15) is 0 Å². The zero-order chi connectivity index (χ0) is 13.2. The molecule has 2 rings (SSSR count). The van der Waals surface area contributed by atoms with E-state index in [1.165, 1.54) is 24.8 Å². The van der Waals surface area contributed by atoms with E-state index in [1.807, 2.05) is 0 Å². The lowest BCUT2D eigenvalue weighted by Crippen LogP contribution is -2.37. The molecule has 1 aromatic carbocycles. The van der Waals surface area contributed by atoms with Crippen molar-refractivity contribution >= 4 is 28.6 Å². The second kappa shape index (κ2) is 5.87. The molecule has 0 spiro atoms. The van der Waals surface area contributed by atoms with E-state index in [0.717, 1.165) is 22.6 Å². The summed E-state index contributed by atoms with van der Waals surface area (Å²) in [6, 6.07) is 6.29. The van der Waals surface area contributed by atoms with Crippen LogP contribution < -0.4 is 4.74 Å². The highest BCUT2D eigenvalue weighted by Gasteiger charge is 2.36. The molecular weight excluding hydrogens is 308 g/mol. The first kappa shape index (κ1) is 14.3. The van der Waals surface area contributed by atoms with Crippen molar-refractivity contribution in [1.29, 1.82) is 0 Å². The normalized spacial score (nSPS) is 17.6. The molecule has 0 saturated heterocycles. The molecule has 0 N–H and O–H groups in total. The summed E-state index contributed by atoms with van der Waals surface area (Å²) in [5.41, 5.74) is 1.60. The number of hydrogen-bond acceptors (Lipinski definition) is 2. The Morgan fingerprint density at radius 2 is 2.11 bits per heavy atom. The molecule has 0 unspecified atom stereocenters. The van der Waals surface area contributed by atoms with Gasteiger partial charge in [0.05, 0.1) is 6.61 Å². The minimum atomic E-state index is 0.324. The fourth-order valence-electron chi connectivity index (χ4n) is 2.36. The third-order valence-corrected chi connectivity index (χ3v) is 5.04. The molecule has 0 radical (unpaired) electrons. The highest BCUT2D eigenvalue weighted by Crippen LogP contribution is 2.42. The Kier molecular flexibility index (Phi) is 4.65. The molecule has 0 aliphatic heterocycles. The number of benzene rings is 1. The molecule has 1 nitrogen and oxygen atoms in total. The molecule has 0 aromatic heterocycles. The van der Waals surface area contributed by atoms with E-state index in [2.05, 4.69) is 60.6 Å². The van der Waals surface area contributed by atoms with Crippen LogP contribution in [0.5, 0.6) is 5.75 Å². The number of rotatable bonds is 5. The van der Waals surface area contributed by atoms with Gasteiger partial charge in [-0.05, 0) is 48.3 Å². The molecule has 0 atom stereocenters. The lowest BCUT2D eigenvalue weighted by atomic mass is 9.71. The van der Waals surface area contributed by atoms with E-state index in [0.29, 0.717) is 11.3 Å². The summed E-state index contributed by atoms with van der Waals surface area (Å²) in [5.74, 6) is 2.44. The van der Waals surface area contributed by atoms with Crippen LogP contribution in [-0.2, 0) is 0 Å². The monoisotopic (exact) mass is 328 g/mol. The van der Waals surface area contributed by atoms with Crippen molar-refractivity contribution in [2.24, 2.45) is 5.41 Å². The molecule has 3 heteroatoms. The minimum Gasteiger partial charge on any atom is -0.493 e. The van der Waals surface area contributed by atoms with Crippen LogP contribution in [0.25, 0.3) is 0 Å². The van der Waals surface area contributed by atoms with Gasteiger partial charge in [0, 0.05) is 9.89 Å². The molecule has 0 amide bonds. The van der Waals surface area contributed by atoms with Crippen LogP contribution >= 0.6 is 28.6 Å². The summed E-state index contributed by atoms with van der Waals surface area (Å²) in [4.78, 5) is 0. The molecule has 1 fully saturated rings. The van der Waals surface area contributed by atoms with Crippen molar-refractivity contribution in [1.82, 2.24) is 0 Å². The van der Waals surface area contributed by atoms with Crippen molar-refractivity contribution in [3.05, 3.63) is 28.2 Å². The second-order valence-corrected chi connectivity index (χ2v) is 6.87. The van der Waals surface area contributed by atoms with Gasteiger partial charge in [-0.2, -0.15) is 12.6 Å². The van der Waals surface area contributed by atoms with E-state index >= 15 is 0 Å².